The molecule has 0 aliphatic heterocycles. The first-order valence-corrected chi connectivity index (χ1v) is 12.3. The van der Waals surface area contributed by atoms with E-state index in [-0.39, 0.29) is 18.3 Å². The lowest BCUT2D eigenvalue weighted by molar-refractivity contribution is -0.143. The Balaban J connectivity index is 1.48. The van der Waals surface area contributed by atoms with E-state index in [0.717, 1.165) is 39.1 Å². The van der Waals surface area contributed by atoms with Crippen molar-refractivity contribution in [3.05, 3.63) is 77.4 Å². The Morgan fingerprint density at radius 3 is 2.69 bits per heavy atom. The van der Waals surface area contributed by atoms with E-state index in [1.54, 1.807) is 38.5 Å². The molecule has 4 aromatic rings. The fourth-order valence-corrected chi connectivity index (χ4v) is 4.85. The molecule has 0 aliphatic carbocycles. The molecule has 35 heavy (non-hydrogen) atoms. The number of fused-ring (bicyclic) bond motifs is 1. The third-order valence-corrected chi connectivity index (χ3v) is 6.58. The summed E-state index contributed by atoms with van der Waals surface area (Å²) < 4.78 is 17.9. The minimum Gasteiger partial charge on any atom is -0.496 e. The van der Waals surface area contributed by atoms with Gasteiger partial charge in [0.2, 0.25) is 0 Å². The largest absolute Gasteiger partial charge is 0.496 e. The van der Waals surface area contributed by atoms with Crippen LogP contribution in [0.1, 0.15) is 37.3 Å². The Morgan fingerprint density at radius 1 is 1.11 bits per heavy atom. The van der Waals surface area contributed by atoms with Crippen molar-refractivity contribution >= 4 is 27.4 Å². The van der Waals surface area contributed by atoms with Crippen LogP contribution in [0, 0.1) is 11.8 Å². The number of benzene rings is 2. The monoisotopic (exact) mass is 485 g/mol. The third-order valence-electron chi connectivity index (χ3n) is 5.61. The number of esters is 1. The first-order valence-electron chi connectivity index (χ1n) is 11.4. The molecule has 0 saturated heterocycles. The van der Waals surface area contributed by atoms with Crippen molar-refractivity contribution in [2.45, 2.75) is 32.8 Å². The van der Waals surface area contributed by atoms with Crippen molar-refractivity contribution in [3.8, 4) is 34.5 Å². The van der Waals surface area contributed by atoms with Gasteiger partial charge in [-0.1, -0.05) is 24.1 Å². The first-order chi connectivity index (χ1) is 17.1. The molecule has 0 unspecified atom stereocenters. The van der Waals surface area contributed by atoms with Crippen LogP contribution in [0.3, 0.4) is 0 Å². The predicted octanol–water partition coefficient (Wildman–Crippen LogP) is 6.61. The maximum absolute atomic E-state index is 11.9. The molecule has 0 aliphatic rings. The van der Waals surface area contributed by atoms with Gasteiger partial charge in [0.15, 0.2) is 0 Å². The third kappa shape index (κ3) is 5.82. The van der Waals surface area contributed by atoms with Gasteiger partial charge in [0.05, 0.1) is 26.1 Å². The molecule has 4 rings (SSSR count). The number of thiophene rings is 1. The van der Waals surface area contributed by atoms with Crippen LogP contribution in [0.5, 0.6) is 11.5 Å². The lowest BCUT2D eigenvalue weighted by atomic mass is 9.96. The molecule has 6 heteroatoms. The molecule has 0 saturated carbocycles. The molecule has 0 amide bonds. The van der Waals surface area contributed by atoms with Gasteiger partial charge in [-0.15, -0.1) is 17.3 Å². The Bertz CT molecular complexity index is 1360. The van der Waals surface area contributed by atoms with E-state index in [4.69, 9.17) is 14.2 Å². The Hall–Kier alpha value is -3.82. The minimum absolute atomic E-state index is 0.197. The molecule has 2 aromatic carbocycles. The zero-order chi connectivity index (χ0) is 24.6. The van der Waals surface area contributed by atoms with E-state index in [1.165, 1.54) is 4.70 Å². The second kappa shape index (κ2) is 11.5. The Kier molecular flexibility index (Phi) is 8.02. The second-order valence-electron chi connectivity index (χ2n) is 7.87. The Labute approximate surface area is 209 Å². The summed E-state index contributed by atoms with van der Waals surface area (Å²) in [6.07, 6.45) is 3.80. The predicted molar refractivity (Wildman–Crippen MR) is 140 cm³/mol. The van der Waals surface area contributed by atoms with Crippen molar-refractivity contribution in [1.82, 2.24) is 4.98 Å². The van der Waals surface area contributed by atoms with Crippen molar-refractivity contribution in [2.24, 2.45) is 0 Å². The molecular weight excluding hydrogens is 458 g/mol. The highest BCUT2D eigenvalue weighted by Crippen LogP contribution is 2.38. The number of ether oxygens (including phenoxy) is 3. The molecule has 5 nitrogen and oxygen atoms in total. The first kappa shape index (κ1) is 24.3. The topological polar surface area (TPSA) is 57.7 Å². The number of hydrogen-bond donors (Lipinski definition) is 0. The van der Waals surface area contributed by atoms with Gasteiger partial charge < -0.3 is 14.2 Å². The summed E-state index contributed by atoms with van der Waals surface area (Å²) in [5, 5.41) is 3.29. The van der Waals surface area contributed by atoms with E-state index in [1.807, 2.05) is 36.5 Å². The van der Waals surface area contributed by atoms with Crippen molar-refractivity contribution in [1.29, 1.82) is 0 Å². The van der Waals surface area contributed by atoms with E-state index in [9.17, 15) is 4.79 Å². The highest BCUT2D eigenvalue weighted by atomic mass is 32.1. The van der Waals surface area contributed by atoms with Crippen molar-refractivity contribution < 1.29 is 19.0 Å². The number of methoxy groups -OCH3 is 1. The maximum atomic E-state index is 11.9. The summed E-state index contributed by atoms with van der Waals surface area (Å²) in [6.45, 7) is 4.38. The van der Waals surface area contributed by atoms with Gasteiger partial charge in [0.1, 0.15) is 18.1 Å². The summed E-state index contributed by atoms with van der Waals surface area (Å²) in [7, 11) is 1.67. The number of rotatable bonds is 9. The van der Waals surface area contributed by atoms with Gasteiger partial charge in [-0.05, 0) is 60.7 Å². The fraction of sp³-hybridized carbons (Fsp3) is 0.241. The molecule has 2 heterocycles. The average Bonchev–Trinajstić information content (AvgIpc) is 3.31. The van der Waals surface area contributed by atoms with Gasteiger partial charge in [0, 0.05) is 33.6 Å². The zero-order valence-corrected chi connectivity index (χ0v) is 20.9. The van der Waals surface area contributed by atoms with Crippen molar-refractivity contribution in [2.75, 3.05) is 13.7 Å². The summed E-state index contributed by atoms with van der Waals surface area (Å²) in [5.41, 5.74) is 4.11. The zero-order valence-electron chi connectivity index (χ0n) is 20.0. The summed E-state index contributed by atoms with van der Waals surface area (Å²) in [4.78, 5) is 16.2. The van der Waals surface area contributed by atoms with Crippen LogP contribution in [-0.2, 0) is 16.1 Å². The average molecular weight is 486 g/mol. The van der Waals surface area contributed by atoms with Gasteiger partial charge in [0.25, 0.3) is 0 Å². The van der Waals surface area contributed by atoms with Gasteiger partial charge in [-0.2, -0.15) is 0 Å². The summed E-state index contributed by atoms with van der Waals surface area (Å²) in [6, 6.07) is 16.0. The van der Waals surface area contributed by atoms with Crippen LogP contribution in [-0.4, -0.2) is 24.7 Å². The molecular formula is C29H27NO4S. The molecule has 0 N–H and O–H groups in total. The van der Waals surface area contributed by atoms with Crippen LogP contribution in [0.15, 0.2) is 66.3 Å². The number of pyridine rings is 1. The van der Waals surface area contributed by atoms with E-state index < -0.39 is 0 Å². The van der Waals surface area contributed by atoms with E-state index in [0.29, 0.717) is 13.2 Å². The highest BCUT2D eigenvalue weighted by molar-refractivity contribution is 7.17. The lowest BCUT2D eigenvalue weighted by Gasteiger charge is -2.12. The van der Waals surface area contributed by atoms with Gasteiger partial charge in [-0.3, -0.25) is 9.78 Å². The fourth-order valence-electron chi connectivity index (χ4n) is 3.91. The molecule has 0 radical (unpaired) electrons. The maximum Gasteiger partial charge on any atom is 0.307 e. The molecule has 178 valence electrons. The number of carbonyl (C=O) groups excluding carboxylic acids is 1. The van der Waals surface area contributed by atoms with Crippen LogP contribution in [0.4, 0.5) is 0 Å². The smallest absolute Gasteiger partial charge is 0.307 e. The van der Waals surface area contributed by atoms with Crippen LogP contribution in [0.25, 0.3) is 21.2 Å². The van der Waals surface area contributed by atoms with Crippen LogP contribution in [0.2, 0.25) is 0 Å². The number of nitrogens with zero attached hydrogens (tertiary/aromatic N) is 1. The molecule has 2 aromatic heterocycles. The van der Waals surface area contributed by atoms with Crippen LogP contribution >= 0.6 is 11.3 Å². The highest BCUT2D eigenvalue weighted by Gasteiger charge is 2.15. The van der Waals surface area contributed by atoms with E-state index in [2.05, 4.69) is 40.4 Å². The minimum atomic E-state index is -0.243. The molecule has 0 spiro atoms. The quantitative estimate of drug-likeness (QED) is 0.197. The SMILES string of the molecule is CC#C[C@@H](CC(=O)OCC)c1ccc(OCc2ccc3scc(-c4cnccc4OC)c3c2)cc1. The Morgan fingerprint density at radius 2 is 1.94 bits per heavy atom. The van der Waals surface area contributed by atoms with Crippen LogP contribution < -0.4 is 9.47 Å². The summed E-state index contributed by atoms with van der Waals surface area (Å²) >= 11 is 1.70. The van der Waals surface area contributed by atoms with Crippen molar-refractivity contribution in [3.63, 3.8) is 0 Å². The van der Waals surface area contributed by atoms with Gasteiger partial charge in [-0.25, -0.2) is 0 Å². The normalized spacial score (nSPS) is 11.4. The lowest BCUT2D eigenvalue weighted by Crippen LogP contribution is -2.09. The van der Waals surface area contributed by atoms with Gasteiger partial charge >= 0.3 is 5.97 Å². The molecule has 0 bridgehead atoms. The van der Waals surface area contributed by atoms with E-state index >= 15 is 0 Å². The number of hydrogen-bond acceptors (Lipinski definition) is 6. The summed E-state index contributed by atoms with van der Waals surface area (Å²) in [5.74, 6) is 7.13. The molecule has 0 fully saturated rings. The second-order valence-corrected chi connectivity index (χ2v) is 8.78. The number of aromatic nitrogens is 1. The number of carbonyl (C=O) groups is 1. The molecule has 1 atom stereocenters. The standard InChI is InChI=1S/C29H27NO4S/c1-4-6-22(16-29(31)33-5-2)21-8-10-23(11-9-21)34-18-20-7-12-28-24(15-20)26(19-35-28)25-17-30-14-13-27(25)32-3/h7-15,17,19,22H,5,16,18H2,1-3H3/t22-/m0/s1.